The third kappa shape index (κ3) is 4.18. The number of amides is 1. The first-order chi connectivity index (χ1) is 15.5. The molecule has 0 saturated carbocycles. The molecule has 4 rings (SSSR count). The average Bonchev–Trinajstić information content (AvgIpc) is 3.26. The van der Waals surface area contributed by atoms with Crippen molar-refractivity contribution in [1.82, 2.24) is 19.5 Å². The van der Waals surface area contributed by atoms with Crippen LogP contribution < -0.4 is 5.73 Å². The number of primary amides is 1. The number of nitrogens with zero attached hydrogens (tertiary/aromatic N) is 4. The number of imidazole rings is 1. The van der Waals surface area contributed by atoms with Gasteiger partial charge in [-0.15, -0.1) is 0 Å². The molecule has 4 aromatic rings. The Labute approximate surface area is 185 Å². The maximum absolute atomic E-state index is 12.9. The minimum Gasteiger partial charge on any atom is -0.366 e. The van der Waals surface area contributed by atoms with Crippen molar-refractivity contribution < 1.29 is 9.18 Å². The predicted molar refractivity (Wildman–Crippen MR) is 122 cm³/mol. The van der Waals surface area contributed by atoms with E-state index in [0.29, 0.717) is 17.0 Å². The number of hydrogen-bond donors (Lipinski definition) is 1. The summed E-state index contributed by atoms with van der Waals surface area (Å²) in [5, 5.41) is 0. The molecule has 2 N–H and O–H groups in total. The molecule has 3 heterocycles. The molecule has 32 heavy (non-hydrogen) atoms. The van der Waals surface area contributed by atoms with Crippen LogP contribution in [0.5, 0.6) is 0 Å². The maximum atomic E-state index is 12.9. The summed E-state index contributed by atoms with van der Waals surface area (Å²) in [6, 6.07) is 13.3. The number of benzene rings is 1. The van der Waals surface area contributed by atoms with Crippen molar-refractivity contribution in [2.75, 3.05) is 0 Å². The Morgan fingerprint density at radius 3 is 2.38 bits per heavy atom. The normalized spacial score (nSPS) is 11.5. The van der Waals surface area contributed by atoms with Crippen LogP contribution in [-0.4, -0.2) is 25.4 Å². The van der Waals surface area contributed by atoms with Gasteiger partial charge in [0.1, 0.15) is 12.4 Å². The van der Waals surface area contributed by atoms with Crippen molar-refractivity contribution in [2.45, 2.75) is 20.5 Å². The molecule has 0 saturated heterocycles. The topological polar surface area (TPSA) is 86.7 Å². The van der Waals surface area contributed by atoms with Gasteiger partial charge in [-0.05, 0) is 49.2 Å². The minimum atomic E-state index is -0.718. The van der Waals surface area contributed by atoms with Crippen LogP contribution in [0.2, 0.25) is 0 Å². The molecule has 0 aliphatic rings. The van der Waals surface area contributed by atoms with Crippen LogP contribution in [0.4, 0.5) is 4.39 Å². The van der Waals surface area contributed by atoms with E-state index in [4.69, 9.17) is 5.73 Å². The number of nitrogens with two attached hydrogens (primary N) is 1. The lowest BCUT2D eigenvalue weighted by Gasteiger charge is -2.11. The molecule has 0 radical (unpaired) electrons. The van der Waals surface area contributed by atoms with Crippen molar-refractivity contribution in [1.29, 1.82) is 0 Å². The van der Waals surface area contributed by atoms with Gasteiger partial charge in [0.05, 0.1) is 23.3 Å². The van der Waals surface area contributed by atoms with Crippen LogP contribution in [0.15, 0.2) is 73.5 Å². The number of aryl methyl sites for hydroxylation is 1. The van der Waals surface area contributed by atoms with Gasteiger partial charge in [-0.2, -0.15) is 0 Å². The fourth-order valence-corrected chi connectivity index (χ4v) is 3.54. The first-order valence-electron chi connectivity index (χ1n) is 10.1. The van der Waals surface area contributed by atoms with E-state index in [1.807, 2.05) is 48.9 Å². The second-order valence-corrected chi connectivity index (χ2v) is 7.34. The predicted octanol–water partition coefficient (Wildman–Crippen LogP) is 4.66. The molecule has 0 fully saturated rings. The maximum Gasteiger partial charge on any atom is 0.250 e. The Morgan fingerprint density at radius 2 is 1.81 bits per heavy atom. The largest absolute Gasteiger partial charge is 0.366 e. The fourth-order valence-electron chi connectivity index (χ4n) is 3.54. The molecule has 1 amide bonds. The van der Waals surface area contributed by atoms with Gasteiger partial charge in [0, 0.05) is 35.4 Å². The fraction of sp³-hybridized carbons (Fsp3) is 0.120. The molecule has 1 aromatic carbocycles. The Morgan fingerprint density at radius 1 is 1.06 bits per heavy atom. The van der Waals surface area contributed by atoms with Crippen LogP contribution in [0, 0.1) is 6.92 Å². The SMILES string of the molecule is C/C=C(/c1ccc(-n2cnc(C)c2)cc1)c1ccc(-c2ncc(CF)cc2C(N)=O)nc1. The standard InChI is InChI=1S/C25H22FN5O/c1-3-21(18-4-7-20(8-5-18)31-14-16(2)30-15-31)19-6-9-23(28-13-19)24-22(25(27)32)10-17(11-26)12-29-24/h3-10,12-15H,11H2,1-2H3,(H2,27,32)/b21-3-. The molecular formula is C25H22FN5O. The van der Waals surface area contributed by atoms with Crippen LogP contribution in [-0.2, 0) is 6.67 Å². The highest BCUT2D eigenvalue weighted by Gasteiger charge is 2.15. The van der Waals surface area contributed by atoms with E-state index in [-0.39, 0.29) is 5.56 Å². The number of alkyl halides is 1. The van der Waals surface area contributed by atoms with Gasteiger partial charge in [-0.1, -0.05) is 24.3 Å². The second kappa shape index (κ2) is 8.93. The third-order valence-corrected chi connectivity index (χ3v) is 5.16. The molecule has 0 bridgehead atoms. The van der Waals surface area contributed by atoms with Gasteiger partial charge in [-0.25, -0.2) is 9.37 Å². The molecule has 0 aliphatic carbocycles. The monoisotopic (exact) mass is 427 g/mol. The van der Waals surface area contributed by atoms with Crippen molar-refractivity contribution >= 4 is 11.5 Å². The molecule has 7 heteroatoms. The molecule has 160 valence electrons. The molecular weight excluding hydrogens is 405 g/mol. The van der Waals surface area contributed by atoms with Gasteiger partial charge < -0.3 is 10.3 Å². The highest BCUT2D eigenvalue weighted by Crippen LogP contribution is 2.27. The number of carbonyl (C=O) groups is 1. The van der Waals surface area contributed by atoms with E-state index in [9.17, 15) is 9.18 Å². The summed E-state index contributed by atoms with van der Waals surface area (Å²) in [5.41, 5.74) is 11.7. The number of pyridine rings is 2. The molecule has 0 spiro atoms. The summed E-state index contributed by atoms with van der Waals surface area (Å²) in [6.07, 6.45) is 8.91. The van der Waals surface area contributed by atoms with E-state index in [2.05, 4.69) is 27.1 Å². The first-order valence-corrected chi connectivity index (χ1v) is 10.1. The summed E-state index contributed by atoms with van der Waals surface area (Å²) in [7, 11) is 0. The van der Waals surface area contributed by atoms with Gasteiger partial charge in [0.25, 0.3) is 5.91 Å². The van der Waals surface area contributed by atoms with Crippen LogP contribution in [0.1, 0.15) is 39.7 Å². The Kier molecular flexibility index (Phi) is 5.89. The van der Waals surface area contributed by atoms with Crippen LogP contribution >= 0.6 is 0 Å². The zero-order valence-electron chi connectivity index (χ0n) is 17.8. The van der Waals surface area contributed by atoms with Crippen molar-refractivity contribution in [3.63, 3.8) is 0 Å². The molecule has 6 nitrogen and oxygen atoms in total. The van der Waals surface area contributed by atoms with Crippen molar-refractivity contribution in [3.05, 3.63) is 101 Å². The van der Waals surface area contributed by atoms with Crippen molar-refractivity contribution in [2.24, 2.45) is 5.73 Å². The summed E-state index contributed by atoms with van der Waals surface area (Å²) in [6.45, 7) is 3.21. The molecule has 0 unspecified atom stereocenters. The van der Waals surface area contributed by atoms with Crippen LogP contribution in [0.3, 0.4) is 0 Å². The highest BCUT2D eigenvalue weighted by molar-refractivity contribution is 5.98. The summed E-state index contributed by atoms with van der Waals surface area (Å²) in [5.74, 6) is -0.670. The average molecular weight is 427 g/mol. The number of allylic oxidation sites excluding steroid dienone is 1. The second-order valence-electron chi connectivity index (χ2n) is 7.34. The van der Waals surface area contributed by atoms with Gasteiger partial charge >= 0.3 is 0 Å². The van der Waals surface area contributed by atoms with E-state index >= 15 is 0 Å². The van der Waals surface area contributed by atoms with Crippen molar-refractivity contribution in [3.8, 4) is 17.1 Å². The lowest BCUT2D eigenvalue weighted by Crippen LogP contribution is -2.14. The Balaban J connectivity index is 1.63. The number of halogens is 1. The lowest BCUT2D eigenvalue weighted by molar-refractivity contribution is 0.100. The lowest BCUT2D eigenvalue weighted by atomic mass is 9.98. The summed E-state index contributed by atoms with van der Waals surface area (Å²) >= 11 is 0. The number of hydrogen-bond acceptors (Lipinski definition) is 4. The molecule has 3 aromatic heterocycles. The van der Waals surface area contributed by atoms with E-state index in [1.165, 1.54) is 12.3 Å². The van der Waals surface area contributed by atoms with E-state index < -0.39 is 12.6 Å². The molecule has 0 atom stereocenters. The first kappa shape index (κ1) is 21.1. The van der Waals surface area contributed by atoms with Gasteiger partial charge in [0.2, 0.25) is 0 Å². The minimum absolute atomic E-state index is 0.150. The molecule has 0 aliphatic heterocycles. The summed E-state index contributed by atoms with van der Waals surface area (Å²) in [4.78, 5) is 24.8. The number of rotatable bonds is 6. The Bertz CT molecular complexity index is 1290. The summed E-state index contributed by atoms with van der Waals surface area (Å²) < 4.78 is 14.9. The smallest absolute Gasteiger partial charge is 0.250 e. The quantitative estimate of drug-likeness (QED) is 0.485. The zero-order valence-corrected chi connectivity index (χ0v) is 17.8. The number of carbonyl (C=O) groups excluding carboxylic acids is 1. The highest BCUT2D eigenvalue weighted by atomic mass is 19.1. The van der Waals surface area contributed by atoms with E-state index in [0.717, 1.165) is 28.1 Å². The third-order valence-electron chi connectivity index (χ3n) is 5.16. The Hall–Kier alpha value is -4.13. The van der Waals surface area contributed by atoms with E-state index in [1.54, 1.807) is 18.6 Å². The van der Waals surface area contributed by atoms with Gasteiger partial charge in [0.15, 0.2) is 0 Å². The number of aromatic nitrogens is 4. The zero-order chi connectivity index (χ0) is 22.7. The van der Waals surface area contributed by atoms with Crippen LogP contribution in [0.25, 0.3) is 22.6 Å². The van der Waals surface area contributed by atoms with Gasteiger partial charge in [-0.3, -0.25) is 14.8 Å².